The van der Waals surface area contributed by atoms with Crippen molar-refractivity contribution in [2.24, 2.45) is 11.1 Å². The number of allylic oxidation sites excluding steroid dienone is 1. The largest absolute Gasteiger partial charge is 0.380 e. The average Bonchev–Trinajstić information content (AvgIpc) is 2.82. The molecule has 0 amide bonds. The van der Waals surface area contributed by atoms with Crippen molar-refractivity contribution in [2.75, 3.05) is 0 Å². The molecule has 8 heteroatoms. The van der Waals surface area contributed by atoms with Gasteiger partial charge in [0.2, 0.25) is 9.84 Å². The van der Waals surface area contributed by atoms with Gasteiger partial charge in [-0.05, 0) is 42.0 Å². The number of hydrogen-bond donors (Lipinski definition) is 1. The number of benzene rings is 1. The molecule has 6 nitrogen and oxygen atoms in total. The lowest BCUT2D eigenvalue weighted by Gasteiger charge is -2.20. The summed E-state index contributed by atoms with van der Waals surface area (Å²) in [5.41, 5.74) is 1.51. The third-order valence-electron chi connectivity index (χ3n) is 5.11. The van der Waals surface area contributed by atoms with E-state index >= 15 is 0 Å². The Kier molecular flexibility index (Phi) is 5.74. The molecule has 2 aliphatic rings. The Hall–Kier alpha value is -1.38. The predicted octanol–water partition coefficient (Wildman–Crippen LogP) is 3.54. The lowest BCUT2D eigenvalue weighted by atomic mass is 9.84. The lowest BCUT2D eigenvalue weighted by Crippen LogP contribution is -2.19. The van der Waals surface area contributed by atoms with E-state index in [0.29, 0.717) is 5.56 Å². The second kappa shape index (κ2) is 7.70. The van der Waals surface area contributed by atoms with E-state index in [0.717, 1.165) is 31.3 Å². The SMILES string of the molecule is NS(=O)(=O)Oc1ccc2c(c1)S(=O)(=O)C=C2C1CCCCCCCCC1. The fourth-order valence-electron chi connectivity index (χ4n) is 3.89. The van der Waals surface area contributed by atoms with Crippen molar-refractivity contribution in [1.29, 1.82) is 0 Å². The van der Waals surface area contributed by atoms with Gasteiger partial charge in [-0.3, -0.25) is 0 Å². The summed E-state index contributed by atoms with van der Waals surface area (Å²) >= 11 is 0. The Labute approximate surface area is 155 Å². The van der Waals surface area contributed by atoms with Crippen molar-refractivity contribution in [1.82, 2.24) is 0 Å². The van der Waals surface area contributed by atoms with Crippen LogP contribution in [0.2, 0.25) is 0 Å². The van der Waals surface area contributed by atoms with Gasteiger partial charge in [0, 0.05) is 11.5 Å². The van der Waals surface area contributed by atoms with Crippen molar-refractivity contribution in [3.05, 3.63) is 29.2 Å². The number of nitrogens with two attached hydrogens (primary N) is 1. The molecule has 0 spiro atoms. The van der Waals surface area contributed by atoms with Crippen LogP contribution in [0.3, 0.4) is 0 Å². The molecule has 1 heterocycles. The van der Waals surface area contributed by atoms with E-state index in [1.54, 1.807) is 6.07 Å². The highest BCUT2D eigenvalue weighted by Crippen LogP contribution is 2.43. The van der Waals surface area contributed by atoms with Crippen molar-refractivity contribution >= 4 is 25.7 Å². The van der Waals surface area contributed by atoms with E-state index in [1.807, 2.05) is 0 Å². The molecular weight excluding hydrogens is 374 g/mol. The van der Waals surface area contributed by atoms with Crippen LogP contribution < -0.4 is 9.32 Å². The van der Waals surface area contributed by atoms with E-state index in [2.05, 4.69) is 4.18 Å². The summed E-state index contributed by atoms with van der Waals surface area (Å²) < 4.78 is 52.0. The monoisotopic (exact) mass is 399 g/mol. The molecular formula is C18H25NO5S2. The molecule has 1 fully saturated rings. The van der Waals surface area contributed by atoms with Crippen molar-refractivity contribution in [2.45, 2.75) is 62.7 Å². The highest BCUT2D eigenvalue weighted by Gasteiger charge is 2.31. The normalized spacial score (nSPS) is 21.7. The number of sulfone groups is 1. The van der Waals surface area contributed by atoms with Crippen LogP contribution in [-0.4, -0.2) is 16.8 Å². The molecule has 0 bridgehead atoms. The van der Waals surface area contributed by atoms with Gasteiger partial charge in [0.25, 0.3) is 0 Å². The van der Waals surface area contributed by atoms with Gasteiger partial charge in [0.05, 0.1) is 4.90 Å². The summed E-state index contributed by atoms with van der Waals surface area (Å²) in [5.74, 6) is 0.129. The van der Waals surface area contributed by atoms with Crippen LogP contribution in [0.5, 0.6) is 5.75 Å². The van der Waals surface area contributed by atoms with Crippen molar-refractivity contribution in [3.8, 4) is 5.75 Å². The zero-order valence-corrected chi connectivity index (χ0v) is 16.3. The maximum absolute atomic E-state index is 12.6. The van der Waals surface area contributed by atoms with E-state index < -0.39 is 20.1 Å². The zero-order valence-electron chi connectivity index (χ0n) is 14.7. The Morgan fingerprint density at radius 3 is 2.12 bits per heavy atom. The molecule has 3 rings (SSSR count). The van der Waals surface area contributed by atoms with Gasteiger partial charge in [0.1, 0.15) is 5.75 Å². The molecule has 0 saturated heterocycles. The number of rotatable bonds is 3. The first-order valence-corrected chi connectivity index (χ1v) is 12.1. The summed E-state index contributed by atoms with van der Waals surface area (Å²) in [6, 6.07) is 4.34. The van der Waals surface area contributed by atoms with Gasteiger partial charge in [-0.1, -0.05) is 44.9 Å². The average molecular weight is 400 g/mol. The zero-order chi connectivity index (χ0) is 18.8. The molecule has 0 aromatic heterocycles. The maximum Gasteiger partial charge on any atom is 0.380 e. The fourth-order valence-corrected chi connectivity index (χ4v) is 5.82. The van der Waals surface area contributed by atoms with E-state index in [9.17, 15) is 16.8 Å². The Morgan fingerprint density at radius 1 is 0.962 bits per heavy atom. The highest BCUT2D eigenvalue weighted by molar-refractivity contribution is 7.95. The molecule has 144 valence electrons. The molecule has 1 aromatic carbocycles. The van der Waals surface area contributed by atoms with Gasteiger partial charge >= 0.3 is 10.3 Å². The van der Waals surface area contributed by atoms with Gasteiger partial charge in [-0.15, -0.1) is 0 Å². The van der Waals surface area contributed by atoms with Crippen LogP contribution in [-0.2, 0) is 20.1 Å². The molecule has 0 atom stereocenters. The minimum atomic E-state index is -4.19. The Bertz CT molecular complexity index is 894. The molecule has 2 N–H and O–H groups in total. The Morgan fingerprint density at radius 2 is 1.54 bits per heavy atom. The van der Waals surface area contributed by atoms with Crippen LogP contribution in [0.15, 0.2) is 28.5 Å². The molecule has 0 unspecified atom stereocenters. The topological polar surface area (TPSA) is 104 Å². The summed E-state index contributed by atoms with van der Waals surface area (Å²) in [7, 11) is -7.79. The molecule has 1 aliphatic heterocycles. The van der Waals surface area contributed by atoms with Crippen molar-refractivity contribution < 1.29 is 21.0 Å². The maximum atomic E-state index is 12.6. The number of hydrogen-bond acceptors (Lipinski definition) is 5. The smallest absolute Gasteiger partial charge is 0.371 e. The number of fused-ring (bicyclic) bond motifs is 1. The van der Waals surface area contributed by atoms with E-state index in [4.69, 9.17) is 5.14 Å². The van der Waals surface area contributed by atoms with Crippen LogP contribution in [0.4, 0.5) is 0 Å². The first-order valence-electron chi connectivity index (χ1n) is 9.09. The first-order chi connectivity index (χ1) is 12.3. The van der Waals surface area contributed by atoms with Crippen LogP contribution >= 0.6 is 0 Å². The molecule has 1 saturated carbocycles. The molecule has 1 aliphatic carbocycles. The van der Waals surface area contributed by atoms with Crippen molar-refractivity contribution in [3.63, 3.8) is 0 Å². The highest BCUT2D eigenvalue weighted by atomic mass is 32.2. The van der Waals surface area contributed by atoms with Gasteiger partial charge in [-0.25, -0.2) is 8.42 Å². The van der Waals surface area contributed by atoms with E-state index in [-0.39, 0.29) is 16.6 Å². The summed E-state index contributed by atoms with van der Waals surface area (Å²) in [4.78, 5) is 0.103. The van der Waals surface area contributed by atoms with Crippen LogP contribution in [0.25, 0.3) is 5.57 Å². The standard InChI is InChI=1S/C18H25NO5S2/c19-26(22,23)24-15-10-11-16-17(13-25(20,21)18(16)12-15)14-8-6-4-2-1-3-5-7-9-14/h10-14H,1-9H2,(H2,19,22,23). The molecule has 1 aromatic rings. The van der Waals surface area contributed by atoms with Gasteiger partial charge in [0.15, 0.2) is 0 Å². The van der Waals surface area contributed by atoms with E-state index in [1.165, 1.54) is 49.6 Å². The fraction of sp³-hybridized carbons (Fsp3) is 0.556. The lowest BCUT2D eigenvalue weighted by molar-refractivity contribution is 0.452. The minimum Gasteiger partial charge on any atom is -0.371 e. The predicted molar refractivity (Wildman–Crippen MR) is 100 cm³/mol. The second-order valence-electron chi connectivity index (χ2n) is 7.10. The van der Waals surface area contributed by atoms with Gasteiger partial charge in [-0.2, -0.15) is 13.6 Å². The quantitative estimate of drug-likeness (QED) is 0.837. The summed E-state index contributed by atoms with van der Waals surface area (Å²) in [6.45, 7) is 0. The summed E-state index contributed by atoms with van der Waals surface area (Å²) in [5, 5.41) is 6.23. The minimum absolute atomic E-state index is 0.0876. The third kappa shape index (κ3) is 4.66. The van der Waals surface area contributed by atoms with Gasteiger partial charge < -0.3 is 4.18 Å². The summed E-state index contributed by atoms with van der Waals surface area (Å²) in [6.07, 6.45) is 10.3. The van der Waals surface area contributed by atoms with Crippen LogP contribution in [0.1, 0.15) is 63.4 Å². The van der Waals surface area contributed by atoms with Crippen LogP contribution in [0, 0.1) is 5.92 Å². The second-order valence-corrected chi connectivity index (χ2v) is 10.0. The molecule has 26 heavy (non-hydrogen) atoms. The Balaban J connectivity index is 1.90. The first kappa shape index (κ1) is 19.4. The molecule has 0 radical (unpaired) electrons. The third-order valence-corrected chi connectivity index (χ3v) is 7.05.